The molecule has 17 heavy (non-hydrogen) atoms. The zero-order valence-electron chi connectivity index (χ0n) is 10.4. The maximum absolute atomic E-state index is 6.49. The van der Waals surface area contributed by atoms with Gasteiger partial charge >= 0.3 is 0 Å². The first-order valence-electron chi connectivity index (χ1n) is 5.67. The molecule has 0 unspecified atom stereocenters. The normalized spacial score (nSPS) is 11.5. The Morgan fingerprint density at radius 3 is 2.35 bits per heavy atom. The second-order valence-electron chi connectivity index (χ2n) is 4.72. The number of hydrogen-bond acceptors (Lipinski definition) is 1. The fourth-order valence-corrected chi connectivity index (χ4v) is 3.03. The summed E-state index contributed by atoms with van der Waals surface area (Å²) < 4.78 is 0. The summed E-state index contributed by atoms with van der Waals surface area (Å²) in [6, 6.07) is 3.96. The highest BCUT2D eigenvalue weighted by atomic mass is 35.5. The smallest absolute Gasteiger partial charge is 0.0906 e. The monoisotopic (exact) mass is 267 g/mol. The van der Waals surface area contributed by atoms with Gasteiger partial charge in [-0.15, -0.1) is 0 Å². The highest BCUT2D eigenvalue weighted by Crippen LogP contribution is 2.36. The lowest BCUT2D eigenvalue weighted by Crippen LogP contribution is -1.98. The third-order valence-electron chi connectivity index (χ3n) is 2.93. The molecule has 0 spiro atoms. The first kappa shape index (κ1) is 12.7. The van der Waals surface area contributed by atoms with E-state index in [1.807, 2.05) is 26.0 Å². The van der Waals surface area contributed by atoms with Crippen LogP contribution < -0.4 is 0 Å². The third-order valence-corrected chi connectivity index (χ3v) is 3.62. The molecule has 0 aliphatic rings. The highest BCUT2D eigenvalue weighted by Gasteiger charge is 2.15. The highest BCUT2D eigenvalue weighted by molar-refractivity contribution is 6.39. The fraction of sp³-hybridized carbons (Fsp3) is 0.357. The van der Waals surface area contributed by atoms with Crippen molar-refractivity contribution >= 4 is 34.1 Å². The van der Waals surface area contributed by atoms with Crippen molar-refractivity contribution in [3.63, 3.8) is 0 Å². The molecule has 1 heterocycles. The van der Waals surface area contributed by atoms with E-state index in [0.717, 1.165) is 32.7 Å². The molecule has 0 amide bonds. The molecule has 0 saturated carbocycles. The Labute approximate surface area is 112 Å². The van der Waals surface area contributed by atoms with Crippen molar-refractivity contribution in [1.82, 2.24) is 4.98 Å². The van der Waals surface area contributed by atoms with Crippen LogP contribution in [0.3, 0.4) is 0 Å². The van der Waals surface area contributed by atoms with Crippen LogP contribution in [-0.4, -0.2) is 4.98 Å². The van der Waals surface area contributed by atoms with E-state index in [4.69, 9.17) is 23.2 Å². The molecule has 0 N–H and O–H groups in total. The summed E-state index contributed by atoms with van der Waals surface area (Å²) in [5.41, 5.74) is 3.97. The van der Waals surface area contributed by atoms with Gasteiger partial charge < -0.3 is 0 Å². The van der Waals surface area contributed by atoms with Gasteiger partial charge in [-0.25, -0.2) is 0 Å². The van der Waals surface area contributed by atoms with Gasteiger partial charge in [0, 0.05) is 11.1 Å². The van der Waals surface area contributed by atoms with Crippen LogP contribution in [-0.2, 0) is 0 Å². The molecule has 0 atom stereocenters. The first-order chi connectivity index (χ1) is 7.91. The summed E-state index contributed by atoms with van der Waals surface area (Å²) in [6.07, 6.45) is 0. The lowest BCUT2D eigenvalue weighted by Gasteiger charge is -2.15. The van der Waals surface area contributed by atoms with Gasteiger partial charge in [0.25, 0.3) is 0 Å². The largest absolute Gasteiger partial charge is 0.251 e. The van der Waals surface area contributed by atoms with E-state index in [1.165, 1.54) is 0 Å². The molecule has 0 aliphatic carbocycles. The Balaban J connectivity index is 2.92. The number of aryl methyl sites for hydroxylation is 2. The van der Waals surface area contributed by atoms with Crippen molar-refractivity contribution in [1.29, 1.82) is 0 Å². The lowest BCUT2D eigenvalue weighted by atomic mass is 9.99. The molecule has 2 aromatic rings. The van der Waals surface area contributed by atoms with Crippen LogP contribution in [0, 0.1) is 13.8 Å². The average molecular weight is 268 g/mol. The standard InChI is InChI=1S/C14H15Cl2N/c1-7(2)12-9(4)17-14-10(13(12)16)5-8(3)6-11(14)15/h5-7H,1-4H3. The summed E-state index contributed by atoms with van der Waals surface area (Å²) >= 11 is 12.7. The van der Waals surface area contributed by atoms with E-state index >= 15 is 0 Å². The van der Waals surface area contributed by atoms with Crippen LogP contribution >= 0.6 is 23.2 Å². The van der Waals surface area contributed by atoms with E-state index in [0.29, 0.717) is 10.9 Å². The summed E-state index contributed by atoms with van der Waals surface area (Å²) in [5, 5.41) is 2.40. The third kappa shape index (κ3) is 2.14. The topological polar surface area (TPSA) is 12.9 Å². The summed E-state index contributed by atoms with van der Waals surface area (Å²) in [6.45, 7) is 8.24. The quantitative estimate of drug-likeness (QED) is 0.685. The van der Waals surface area contributed by atoms with Crippen molar-refractivity contribution in [2.75, 3.05) is 0 Å². The SMILES string of the molecule is Cc1cc(Cl)c2nc(C)c(C(C)C)c(Cl)c2c1. The van der Waals surface area contributed by atoms with Crippen LogP contribution in [0.25, 0.3) is 10.9 Å². The van der Waals surface area contributed by atoms with E-state index in [9.17, 15) is 0 Å². The second-order valence-corrected chi connectivity index (χ2v) is 5.51. The van der Waals surface area contributed by atoms with Crippen molar-refractivity contribution in [2.24, 2.45) is 0 Å². The Hall–Kier alpha value is -0.790. The van der Waals surface area contributed by atoms with Crippen molar-refractivity contribution in [3.8, 4) is 0 Å². The van der Waals surface area contributed by atoms with Gasteiger partial charge in [0.2, 0.25) is 0 Å². The Bertz CT molecular complexity index is 589. The zero-order valence-corrected chi connectivity index (χ0v) is 11.9. The average Bonchev–Trinajstić information content (AvgIpc) is 2.19. The summed E-state index contributed by atoms with van der Waals surface area (Å²) in [4.78, 5) is 4.58. The second kappa shape index (κ2) is 4.47. The molecule has 0 aliphatic heterocycles. The lowest BCUT2D eigenvalue weighted by molar-refractivity contribution is 0.848. The van der Waals surface area contributed by atoms with Gasteiger partial charge in [-0.2, -0.15) is 0 Å². The predicted molar refractivity (Wildman–Crippen MR) is 75.3 cm³/mol. The number of nitrogens with zero attached hydrogens (tertiary/aromatic N) is 1. The molecular formula is C14H15Cl2N. The van der Waals surface area contributed by atoms with Crippen LogP contribution in [0.15, 0.2) is 12.1 Å². The summed E-state index contributed by atoms with van der Waals surface area (Å²) in [5.74, 6) is 0.360. The van der Waals surface area contributed by atoms with Gasteiger partial charge in [-0.1, -0.05) is 37.0 Å². The maximum atomic E-state index is 6.49. The van der Waals surface area contributed by atoms with Gasteiger partial charge in [0.1, 0.15) is 0 Å². The van der Waals surface area contributed by atoms with E-state index < -0.39 is 0 Å². The minimum absolute atomic E-state index is 0.360. The van der Waals surface area contributed by atoms with Gasteiger partial charge in [0.05, 0.1) is 15.6 Å². The van der Waals surface area contributed by atoms with Crippen LogP contribution in [0.5, 0.6) is 0 Å². The molecular weight excluding hydrogens is 253 g/mol. The molecule has 1 aromatic carbocycles. The van der Waals surface area contributed by atoms with E-state index in [1.54, 1.807) is 0 Å². The van der Waals surface area contributed by atoms with Crippen molar-refractivity contribution in [3.05, 3.63) is 39.0 Å². The Morgan fingerprint density at radius 2 is 1.76 bits per heavy atom. The van der Waals surface area contributed by atoms with Crippen molar-refractivity contribution < 1.29 is 0 Å². The Kier molecular flexibility index (Phi) is 3.33. The molecule has 0 fully saturated rings. The number of benzene rings is 1. The van der Waals surface area contributed by atoms with Crippen LogP contribution in [0.2, 0.25) is 10.0 Å². The number of hydrogen-bond donors (Lipinski definition) is 0. The maximum Gasteiger partial charge on any atom is 0.0906 e. The predicted octanol–water partition coefficient (Wildman–Crippen LogP) is 5.28. The number of rotatable bonds is 1. The number of halogens is 2. The van der Waals surface area contributed by atoms with E-state index in [-0.39, 0.29) is 0 Å². The van der Waals surface area contributed by atoms with Gasteiger partial charge in [0.15, 0.2) is 0 Å². The van der Waals surface area contributed by atoms with Crippen LogP contribution in [0.1, 0.15) is 36.6 Å². The fourth-order valence-electron chi connectivity index (χ4n) is 2.22. The van der Waals surface area contributed by atoms with Crippen LogP contribution in [0.4, 0.5) is 0 Å². The number of fused-ring (bicyclic) bond motifs is 1. The summed E-state index contributed by atoms with van der Waals surface area (Å²) in [7, 11) is 0. The minimum Gasteiger partial charge on any atom is -0.251 e. The van der Waals surface area contributed by atoms with Crippen molar-refractivity contribution in [2.45, 2.75) is 33.6 Å². The number of aromatic nitrogens is 1. The molecule has 0 radical (unpaired) electrons. The van der Waals surface area contributed by atoms with Gasteiger partial charge in [-0.3, -0.25) is 4.98 Å². The molecule has 0 saturated heterocycles. The Morgan fingerprint density at radius 1 is 1.12 bits per heavy atom. The zero-order chi connectivity index (χ0) is 12.7. The molecule has 90 valence electrons. The first-order valence-corrected chi connectivity index (χ1v) is 6.43. The molecule has 3 heteroatoms. The molecule has 1 nitrogen and oxygen atoms in total. The minimum atomic E-state index is 0.360. The molecule has 2 rings (SSSR count). The molecule has 1 aromatic heterocycles. The van der Waals surface area contributed by atoms with Gasteiger partial charge in [-0.05, 0) is 43.0 Å². The molecule has 0 bridgehead atoms. The van der Waals surface area contributed by atoms with E-state index in [2.05, 4.69) is 18.8 Å². The number of pyridine rings is 1.